The fourth-order valence-electron chi connectivity index (χ4n) is 2.01. The minimum Gasteiger partial charge on any atom is -0.270 e. The van der Waals surface area contributed by atoms with Gasteiger partial charge in [-0.2, -0.15) is 10.2 Å². The van der Waals surface area contributed by atoms with Crippen molar-refractivity contribution in [3.8, 4) is 0 Å². The molecule has 0 unspecified atom stereocenters. The lowest BCUT2D eigenvalue weighted by atomic mass is 10.2. The van der Waals surface area contributed by atoms with E-state index in [1.54, 1.807) is 0 Å². The lowest BCUT2D eigenvalue weighted by Crippen LogP contribution is -2.08. The molecule has 98 valence electrons. The molecule has 0 atom stereocenters. The van der Waals surface area contributed by atoms with Gasteiger partial charge >= 0.3 is 0 Å². The third-order valence-corrected chi connectivity index (χ3v) is 3.14. The van der Waals surface area contributed by atoms with E-state index in [1.807, 2.05) is 10.9 Å². The largest absolute Gasteiger partial charge is 0.270 e. The molecular weight excluding hydrogens is 224 g/mol. The maximum Gasteiger partial charge on any atom is 0.0853 e. The molecule has 0 aliphatic carbocycles. The fraction of sp³-hybridized carbons (Fsp3) is 0.571. The number of aromatic nitrogens is 4. The summed E-state index contributed by atoms with van der Waals surface area (Å²) in [5.74, 6) is 0. The van der Waals surface area contributed by atoms with Crippen molar-refractivity contribution in [2.45, 2.75) is 53.1 Å². The Bertz CT molecular complexity index is 508. The van der Waals surface area contributed by atoms with E-state index in [1.165, 1.54) is 5.69 Å². The van der Waals surface area contributed by atoms with Crippen LogP contribution in [0.1, 0.15) is 50.8 Å². The van der Waals surface area contributed by atoms with E-state index in [2.05, 4.69) is 54.7 Å². The zero-order valence-corrected chi connectivity index (χ0v) is 11.7. The molecule has 2 aromatic heterocycles. The third-order valence-electron chi connectivity index (χ3n) is 3.14. The first kappa shape index (κ1) is 12.9. The van der Waals surface area contributed by atoms with Gasteiger partial charge in [0, 0.05) is 17.9 Å². The Morgan fingerprint density at radius 2 is 1.89 bits per heavy atom. The standard InChI is InChI=1S/C14H22N4/c1-5-12-9-14(6-2)18(15-12)10-13-7-8-17(16-13)11(3)4/h7-9,11H,5-6,10H2,1-4H3. The van der Waals surface area contributed by atoms with E-state index in [-0.39, 0.29) is 0 Å². The molecule has 4 heteroatoms. The Kier molecular flexibility index (Phi) is 3.84. The number of rotatable bonds is 5. The van der Waals surface area contributed by atoms with Crippen molar-refractivity contribution in [2.75, 3.05) is 0 Å². The van der Waals surface area contributed by atoms with Crippen LogP contribution in [0.3, 0.4) is 0 Å². The monoisotopic (exact) mass is 246 g/mol. The number of nitrogens with zero attached hydrogens (tertiary/aromatic N) is 4. The van der Waals surface area contributed by atoms with Crippen LogP contribution in [0.15, 0.2) is 18.3 Å². The molecule has 0 amide bonds. The van der Waals surface area contributed by atoms with Gasteiger partial charge in [0.2, 0.25) is 0 Å². The molecule has 0 radical (unpaired) electrons. The highest BCUT2D eigenvalue weighted by Gasteiger charge is 2.08. The summed E-state index contributed by atoms with van der Waals surface area (Å²) in [5.41, 5.74) is 3.52. The quantitative estimate of drug-likeness (QED) is 0.813. The van der Waals surface area contributed by atoms with Gasteiger partial charge < -0.3 is 0 Å². The topological polar surface area (TPSA) is 35.6 Å². The maximum atomic E-state index is 4.62. The molecular formula is C14H22N4. The molecule has 2 rings (SSSR count). The highest BCUT2D eigenvalue weighted by atomic mass is 15.3. The summed E-state index contributed by atoms with van der Waals surface area (Å²) in [6, 6.07) is 4.68. The van der Waals surface area contributed by atoms with E-state index >= 15 is 0 Å². The van der Waals surface area contributed by atoms with Gasteiger partial charge in [0.15, 0.2) is 0 Å². The average Bonchev–Trinajstić information content (AvgIpc) is 2.96. The minimum absolute atomic E-state index is 0.410. The van der Waals surface area contributed by atoms with Gasteiger partial charge in [-0.25, -0.2) is 0 Å². The zero-order chi connectivity index (χ0) is 13.1. The maximum absolute atomic E-state index is 4.62. The molecule has 0 N–H and O–H groups in total. The Morgan fingerprint density at radius 1 is 1.11 bits per heavy atom. The van der Waals surface area contributed by atoms with Crippen LogP contribution in [0, 0.1) is 0 Å². The second kappa shape index (κ2) is 5.38. The molecule has 2 heterocycles. The fourth-order valence-corrected chi connectivity index (χ4v) is 2.01. The van der Waals surface area contributed by atoms with Gasteiger partial charge in [-0.1, -0.05) is 13.8 Å². The Hall–Kier alpha value is -1.58. The summed E-state index contributed by atoms with van der Waals surface area (Å²) < 4.78 is 4.07. The molecule has 0 saturated carbocycles. The van der Waals surface area contributed by atoms with Crippen LogP contribution < -0.4 is 0 Å². The molecule has 0 saturated heterocycles. The summed E-state index contributed by atoms with van der Waals surface area (Å²) in [4.78, 5) is 0. The summed E-state index contributed by atoms with van der Waals surface area (Å²) in [6.07, 6.45) is 4.04. The minimum atomic E-state index is 0.410. The molecule has 18 heavy (non-hydrogen) atoms. The van der Waals surface area contributed by atoms with E-state index in [0.717, 1.165) is 30.8 Å². The van der Waals surface area contributed by atoms with Crippen molar-refractivity contribution in [2.24, 2.45) is 0 Å². The third kappa shape index (κ3) is 2.63. The smallest absolute Gasteiger partial charge is 0.0853 e. The lowest BCUT2D eigenvalue weighted by molar-refractivity contribution is 0.518. The van der Waals surface area contributed by atoms with E-state index < -0.39 is 0 Å². The summed E-state index contributed by atoms with van der Waals surface area (Å²) in [6.45, 7) is 9.34. The summed E-state index contributed by atoms with van der Waals surface area (Å²) in [7, 11) is 0. The van der Waals surface area contributed by atoms with Crippen molar-refractivity contribution in [1.82, 2.24) is 19.6 Å². The number of hydrogen-bond acceptors (Lipinski definition) is 2. The Morgan fingerprint density at radius 3 is 2.44 bits per heavy atom. The van der Waals surface area contributed by atoms with Crippen LogP contribution >= 0.6 is 0 Å². The molecule has 0 aliphatic heterocycles. The van der Waals surface area contributed by atoms with Crippen LogP contribution in [-0.2, 0) is 19.4 Å². The second-order valence-electron chi connectivity index (χ2n) is 4.87. The summed E-state index contributed by atoms with van der Waals surface area (Å²) >= 11 is 0. The van der Waals surface area contributed by atoms with Gasteiger partial charge in [-0.05, 0) is 38.8 Å². The lowest BCUT2D eigenvalue weighted by Gasteiger charge is -2.05. The van der Waals surface area contributed by atoms with Gasteiger partial charge in [-0.3, -0.25) is 9.36 Å². The number of hydrogen-bond donors (Lipinski definition) is 0. The molecule has 4 nitrogen and oxygen atoms in total. The first-order valence-corrected chi connectivity index (χ1v) is 6.73. The summed E-state index contributed by atoms with van der Waals surface area (Å²) in [5, 5.41) is 9.19. The van der Waals surface area contributed by atoms with E-state index in [9.17, 15) is 0 Å². The van der Waals surface area contributed by atoms with Gasteiger partial charge in [0.1, 0.15) is 0 Å². The molecule has 0 bridgehead atoms. The van der Waals surface area contributed by atoms with Gasteiger partial charge in [0.05, 0.1) is 17.9 Å². The van der Waals surface area contributed by atoms with Crippen LogP contribution in [0.4, 0.5) is 0 Å². The van der Waals surface area contributed by atoms with Crippen LogP contribution in [-0.4, -0.2) is 19.6 Å². The predicted molar refractivity (Wildman–Crippen MR) is 72.7 cm³/mol. The highest BCUT2D eigenvalue weighted by Crippen LogP contribution is 2.10. The number of aryl methyl sites for hydroxylation is 2. The zero-order valence-electron chi connectivity index (χ0n) is 11.7. The second-order valence-corrected chi connectivity index (χ2v) is 4.87. The average molecular weight is 246 g/mol. The van der Waals surface area contributed by atoms with E-state index in [0.29, 0.717) is 6.04 Å². The Labute approximate surface area is 109 Å². The van der Waals surface area contributed by atoms with Crippen LogP contribution in [0.5, 0.6) is 0 Å². The normalized spacial score (nSPS) is 11.4. The molecule has 2 aromatic rings. The predicted octanol–water partition coefficient (Wildman–Crippen LogP) is 2.83. The van der Waals surface area contributed by atoms with Crippen LogP contribution in [0.25, 0.3) is 0 Å². The van der Waals surface area contributed by atoms with Crippen molar-refractivity contribution >= 4 is 0 Å². The molecule has 0 aliphatic rings. The molecule has 0 fully saturated rings. The van der Waals surface area contributed by atoms with Crippen molar-refractivity contribution in [3.63, 3.8) is 0 Å². The van der Waals surface area contributed by atoms with Gasteiger partial charge in [-0.15, -0.1) is 0 Å². The van der Waals surface area contributed by atoms with E-state index in [4.69, 9.17) is 0 Å². The highest BCUT2D eigenvalue weighted by molar-refractivity contribution is 5.12. The van der Waals surface area contributed by atoms with Crippen molar-refractivity contribution < 1.29 is 0 Å². The van der Waals surface area contributed by atoms with Gasteiger partial charge in [0.25, 0.3) is 0 Å². The molecule has 0 aromatic carbocycles. The molecule has 0 spiro atoms. The SMILES string of the molecule is CCc1cc(CC)n(Cc2ccn(C(C)C)n2)n1. The van der Waals surface area contributed by atoms with Crippen molar-refractivity contribution in [1.29, 1.82) is 0 Å². The first-order valence-electron chi connectivity index (χ1n) is 6.73. The van der Waals surface area contributed by atoms with Crippen molar-refractivity contribution in [3.05, 3.63) is 35.4 Å². The Balaban J connectivity index is 2.19. The van der Waals surface area contributed by atoms with Crippen LogP contribution in [0.2, 0.25) is 0 Å². The first-order chi connectivity index (χ1) is 8.63.